The highest BCUT2D eigenvalue weighted by Gasteiger charge is 2.20. The molecule has 7 nitrogen and oxygen atoms in total. The first kappa shape index (κ1) is 20.1. The highest BCUT2D eigenvalue weighted by Crippen LogP contribution is 2.27. The molecule has 0 fully saturated rings. The fourth-order valence-corrected chi connectivity index (χ4v) is 2.59. The molecule has 142 valence electrons. The minimum Gasteiger partial charge on any atom is -0.480 e. The van der Waals surface area contributed by atoms with E-state index in [0.717, 1.165) is 18.1 Å². The summed E-state index contributed by atoms with van der Waals surface area (Å²) >= 11 is 0. The van der Waals surface area contributed by atoms with E-state index in [1.807, 2.05) is 24.3 Å². The number of nitrogens with zero attached hydrogens (tertiary/aromatic N) is 1. The molecule has 0 aliphatic heterocycles. The van der Waals surface area contributed by atoms with Gasteiger partial charge in [0.05, 0.1) is 10.5 Å². The van der Waals surface area contributed by atoms with Gasteiger partial charge in [0.2, 0.25) is 0 Å². The third-order valence-electron chi connectivity index (χ3n) is 4.37. The van der Waals surface area contributed by atoms with E-state index in [0.29, 0.717) is 12.0 Å². The van der Waals surface area contributed by atoms with Crippen molar-refractivity contribution in [2.75, 3.05) is 5.32 Å². The van der Waals surface area contributed by atoms with E-state index in [1.54, 1.807) is 6.92 Å². The van der Waals surface area contributed by atoms with Gasteiger partial charge in [0.1, 0.15) is 5.75 Å². The second-order valence-electron chi connectivity index (χ2n) is 6.24. The zero-order chi connectivity index (χ0) is 20.0. The largest absolute Gasteiger partial charge is 0.480 e. The number of non-ortho nitro benzene ring substituents is 1. The van der Waals surface area contributed by atoms with Gasteiger partial charge in [-0.25, -0.2) is 0 Å². The molecule has 0 bridgehead atoms. The summed E-state index contributed by atoms with van der Waals surface area (Å²) in [5.74, 6) is 0.0310. The number of nitrogens with one attached hydrogen (secondary N) is 1. The fraction of sp³-hybridized carbons (Fsp3) is 0.300. The molecule has 0 spiro atoms. The number of benzene rings is 2. The van der Waals surface area contributed by atoms with Gasteiger partial charge in [-0.05, 0) is 37.0 Å². The van der Waals surface area contributed by atoms with Crippen LogP contribution in [-0.2, 0) is 4.79 Å². The minimum absolute atomic E-state index is 0.0175. The fourth-order valence-electron chi connectivity index (χ4n) is 2.59. The molecular formula is C20H22N2O5. The molecule has 0 aromatic heterocycles. The quantitative estimate of drug-likeness (QED) is 0.424. The number of carbonyl (C=O) groups is 2. The van der Waals surface area contributed by atoms with Gasteiger partial charge in [0, 0.05) is 17.8 Å². The average Bonchev–Trinajstić information content (AvgIpc) is 2.67. The van der Waals surface area contributed by atoms with Crippen LogP contribution < -0.4 is 10.1 Å². The van der Waals surface area contributed by atoms with Crippen LogP contribution in [0.4, 0.5) is 11.4 Å². The molecule has 0 saturated heterocycles. The number of nitro benzene ring substituents is 1. The van der Waals surface area contributed by atoms with Crippen molar-refractivity contribution >= 4 is 23.6 Å². The monoisotopic (exact) mass is 370 g/mol. The molecule has 1 amide bonds. The summed E-state index contributed by atoms with van der Waals surface area (Å²) in [6, 6.07) is 11.2. The third kappa shape index (κ3) is 4.91. The summed E-state index contributed by atoms with van der Waals surface area (Å²) in [4.78, 5) is 33.9. The topological polar surface area (TPSA) is 98.5 Å². The Bertz CT molecular complexity index is 850. The SMILES string of the molecule is CC[C@H](C)c1ccccc1NC(=O)[C@H](C)Oc1ccc([N+](=O)[O-])cc1C=O. The van der Waals surface area contributed by atoms with Gasteiger partial charge in [-0.2, -0.15) is 0 Å². The van der Waals surface area contributed by atoms with Crippen molar-refractivity contribution in [1.82, 2.24) is 0 Å². The van der Waals surface area contributed by atoms with E-state index in [1.165, 1.54) is 12.1 Å². The number of hydrogen-bond acceptors (Lipinski definition) is 5. The molecule has 0 aliphatic carbocycles. The van der Waals surface area contributed by atoms with Gasteiger partial charge >= 0.3 is 0 Å². The number of ether oxygens (including phenoxy) is 1. The van der Waals surface area contributed by atoms with E-state index in [4.69, 9.17) is 4.74 Å². The van der Waals surface area contributed by atoms with E-state index < -0.39 is 11.0 Å². The second-order valence-corrected chi connectivity index (χ2v) is 6.24. The average molecular weight is 370 g/mol. The van der Waals surface area contributed by atoms with Crippen LogP contribution in [0, 0.1) is 10.1 Å². The smallest absolute Gasteiger partial charge is 0.270 e. The maximum atomic E-state index is 12.5. The van der Waals surface area contributed by atoms with Crippen LogP contribution in [0.1, 0.15) is 49.0 Å². The lowest BCUT2D eigenvalue weighted by molar-refractivity contribution is -0.384. The second kappa shape index (κ2) is 8.93. The van der Waals surface area contributed by atoms with Crippen LogP contribution in [0.3, 0.4) is 0 Å². The Kier molecular flexibility index (Phi) is 6.65. The number of nitro groups is 1. The van der Waals surface area contributed by atoms with Crippen molar-refractivity contribution in [3.63, 3.8) is 0 Å². The molecule has 0 saturated carbocycles. The molecule has 0 heterocycles. The molecule has 2 aromatic carbocycles. The Morgan fingerprint density at radius 2 is 1.96 bits per heavy atom. The lowest BCUT2D eigenvalue weighted by Crippen LogP contribution is -2.30. The molecule has 2 aromatic rings. The molecule has 0 radical (unpaired) electrons. The van der Waals surface area contributed by atoms with Crippen LogP contribution in [-0.4, -0.2) is 23.2 Å². The first-order valence-corrected chi connectivity index (χ1v) is 8.67. The maximum absolute atomic E-state index is 12.5. The Labute approximate surface area is 157 Å². The number of anilines is 1. The lowest BCUT2D eigenvalue weighted by atomic mass is 9.97. The summed E-state index contributed by atoms with van der Waals surface area (Å²) in [5, 5.41) is 13.7. The molecule has 7 heteroatoms. The Morgan fingerprint density at radius 3 is 2.59 bits per heavy atom. The third-order valence-corrected chi connectivity index (χ3v) is 4.37. The number of amides is 1. The summed E-state index contributed by atoms with van der Waals surface area (Å²) in [7, 11) is 0. The summed E-state index contributed by atoms with van der Waals surface area (Å²) < 4.78 is 5.57. The van der Waals surface area contributed by atoms with Crippen LogP contribution in [0.25, 0.3) is 0 Å². The molecule has 27 heavy (non-hydrogen) atoms. The summed E-state index contributed by atoms with van der Waals surface area (Å²) in [5.41, 5.74) is 1.55. The van der Waals surface area contributed by atoms with Gasteiger partial charge < -0.3 is 10.1 Å². The zero-order valence-electron chi connectivity index (χ0n) is 15.5. The molecular weight excluding hydrogens is 348 g/mol. The van der Waals surface area contributed by atoms with Gasteiger partial charge in [-0.15, -0.1) is 0 Å². The van der Waals surface area contributed by atoms with E-state index in [9.17, 15) is 19.7 Å². The van der Waals surface area contributed by atoms with Crippen LogP contribution in [0.15, 0.2) is 42.5 Å². The van der Waals surface area contributed by atoms with Crippen molar-refractivity contribution in [3.8, 4) is 5.75 Å². The molecule has 1 N–H and O–H groups in total. The first-order chi connectivity index (χ1) is 12.9. The van der Waals surface area contributed by atoms with E-state index in [-0.39, 0.29) is 28.8 Å². The number of hydrogen-bond donors (Lipinski definition) is 1. The number of carbonyl (C=O) groups excluding carboxylic acids is 2. The summed E-state index contributed by atoms with van der Waals surface area (Å²) in [6.07, 6.45) is 0.505. The predicted molar refractivity (Wildman–Crippen MR) is 102 cm³/mol. The summed E-state index contributed by atoms with van der Waals surface area (Å²) in [6.45, 7) is 5.71. The minimum atomic E-state index is -0.893. The number of rotatable bonds is 8. The van der Waals surface area contributed by atoms with E-state index >= 15 is 0 Å². The van der Waals surface area contributed by atoms with Crippen molar-refractivity contribution < 1.29 is 19.2 Å². The number of para-hydroxylation sites is 1. The highest BCUT2D eigenvalue weighted by atomic mass is 16.6. The van der Waals surface area contributed by atoms with Crippen molar-refractivity contribution in [2.24, 2.45) is 0 Å². The highest BCUT2D eigenvalue weighted by molar-refractivity contribution is 5.95. The van der Waals surface area contributed by atoms with Crippen LogP contribution in [0.2, 0.25) is 0 Å². The normalized spacial score (nSPS) is 12.7. The number of aldehydes is 1. The van der Waals surface area contributed by atoms with Gasteiger partial charge in [-0.1, -0.05) is 32.0 Å². The molecule has 2 rings (SSSR count). The molecule has 2 atom stereocenters. The first-order valence-electron chi connectivity index (χ1n) is 8.67. The van der Waals surface area contributed by atoms with Crippen LogP contribution in [0.5, 0.6) is 5.75 Å². The Hall–Kier alpha value is -3.22. The maximum Gasteiger partial charge on any atom is 0.270 e. The molecule has 0 aliphatic rings. The van der Waals surface area contributed by atoms with Crippen molar-refractivity contribution in [3.05, 3.63) is 63.7 Å². The predicted octanol–water partition coefficient (Wildman–Crippen LogP) is 4.33. The zero-order valence-corrected chi connectivity index (χ0v) is 15.5. The lowest BCUT2D eigenvalue weighted by Gasteiger charge is -2.19. The van der Waals surface area contributed by atoms with Gasteiger partial charge in [0.15, 0.2) is 12.4 Å². The van der Waals surface area contributed by atoms with Gasteiger partial charge in [-0.3, -0.25) is 19.7 Å². The Morgan fingerprint density at radius 1 is 1.26 bits per heavy atom. The van der Waals surface area contributed by atoms with Crippen molar-refractivity contribution in [1.29, 1.82) is 0 Å². The Balaban J connectivity index is 2.15. The van der Waals surface area contributed by atoms with Crippen LogP contribution >= 0.6 is 0 Å². The standard InChI is InChI=1S/C20H22N2O5/c1-4-13(2)17-7-5-6-8-18(17)21-20(24)14(3)27-19-10-9-16(22(25)26)11-15(19)12-23/h5-14H,4H2,1-3H3,(H,21,24)/t13-,14-/m0/s1. The molecule has 0 unspecified atom stereocenters. The van der Waals surface area contributed by atoms with Gasteiger partial charge in [0.25, 0.3) is 11.6 Å². The van der Waals surface area contributed by atoms with E-state index in [2.05, 4.69) is 19.2 Å². The van der Waals surface area contributed by atoms with Crippen molar-refractivity contribution in [2.45, 2.75) is 39.2 Å².